The average molecular weight is 428 g/mol. The molecule has 1 aliphatic rings. The Kier molecular flexibility index (Phi) is 7.43. The summed E-state index contributed by atoms with van der Waals surface area (Å²) in [5.74, 6) is 0.462. The SMILES string of the molecule is CC(=O)N[C@H]1C[C@@H](c2ccc(NC(=O)Cn3cc(C(C)C)nn3)cc2)O[C@@H](C(C)C)C1. The lowest BCUT2D eigenvalue weighted by Gasteiger charge is -2.37. The van der Waals surface area contributed by atoms with Gasteiger partial charge >= 0.3 is 0 Å². The summed E-state index contributed by atoms with van der Waals surface area (Å²) in [5, 5.41) is 14.0. The Bertz CT molecular complexity index is 891. The molecule has 0 bridgehead atoms. The molecule has 8 heteroatoms. The lowest BCUT2D eigenvalue weighted by atomic mass is 9.90. The van der Waals surface area contributed by atoms with Gasteiger partial charge in [0, 0.05) is 24.8 Å². The van der Waals surface area contributed by atoms with Gasteiger partial charge in [-0.25, -0.2) is 4.68 Å². The van der Waals surface area contributed by atoms with Crippen molar-refractivity contribution >= 4 is 17.5 Å². The first-order valence-electron chi connectivity index (χ1n) is 10.9. The molecule has 2 N–H and O–H groups in total. The van der Waals surface area contributed by atoms with Crippen LogP contribution >= 0.6 is 0 Å². The lowest BCUT2D eigenvalue weighted by molar-refractivity contribution is -0.123. The summed E-state index contributed by atoms with van der Waals surface area (Å²) in [5.41, 5.74) is 2.62. The highest BCUT2D eigenvalue weighted by molar-refractivity contribution is 5.90. The molecule has 0 saturated carbocycles. The molecule has 0 unspecified atom stereocenters. The van der Waals surface area contributed by atoms with Gasteiger partial charge in [0.05, 0.1) is 17.9 Å². The van der Waals surface area contributed by atoms with Crippen molar-refractivity contribution in [1.29, 1.82) is 0 Å². The number of aromatic nitrogens is 3. The summed E-state index contributed by atoms with van der Waals surface area (Å²) in [6, 6.07) is 7.80. The molecule has 31 heavy (non-hydrogen) atoms. The number of nitrogens with zero attached hydrogens (tertiary/aromatic N) is 3. The highest BCUT2D eigenvalue weighted by Crippen LogP contribution is 2.34. The third kappa shape index (κ3) is 6.37. The number of hydrogen-bond donors (Lipinski definition) is 2. The zero-order chi connectivity index (χ0) is 22.5. The highest BCUT2D eigenvalue weighted by atomic mass is 16.5. The number of hydrogen-bond acceptors (Lipinski definition) is 5. The lowest BCUT2D eigenvalue weighted by Crippen LogP contribution is -2.43. The third-order valence-electron chi connectivity index (χ3n) is 5.53. The van der Waals surface area contributed by atoms with Gasteiger partial charge < -0.3 is 15.4 Å². The zero-order valence-corrected chi connectivity index (χ0v) is 19.0. The van der Waals surface area contributed by atoms with Crippen molar-refractivity contribution in [3.05, 3.63) is 41.7 Å². The minimum absolute atomic E-state index is 0.0147. The molecule has 2 heterocycles. The van der Waals surface area contributed by atoms with Gasteiger partial charge in [0.25, 0.3) is 0 Å². The molecule has 1 aromatic carbocycles. The Balaban J connectivity index is 1.61. The van der Waals surface area contributed by atoms with E-state index in [2.05, 4.69) is 34.8 Å². The number of nitrogens with one attached hydrogen (secondary N) is 2. The Morgan fingerprint density at radius 3 is 2.45 bits per heavy atom. The molecular formula is C23H33N5O3. The van der Waals surface area contributed by atoms with Crippen molar-refractivity contribution in [2.24, 2.45) is 5.92 Å². The molecule has 3 atom stereocenters. The van der Waals surface area contributed by atoms with Crippen LogP contribution in [0.1, 0.15) is 70.7 Å². The number of ether oxygens (including phenoxy) is 1. The fourth-order valence-corrected chi connectivity index (χ4v) is 3.79. The molecule has 3 rings (SSSR count). The summed E-state index contributed by atoms with van der Waals surface area (Å²) in [6.45, 7) is 10.0. The summed E-state index contributed by atoms with van der Waals surface area (Å²) in [6.07, 6.45) is 3.35. The van der Waals surface area contributed by atoms with Crippen molar-refractivity contribution in [1.82, 2.24) is 20.3 Å². The van der Waals surface area contributed by atoms with E-state index in [0.717, 1.165) is 24.1 Å². The molecule has 168 valence electrons. The van der Waals surface area contributed by atoms with Crippen LogP contribution in [0.2, 0.25) is 0 Å². The molecule has 2 amide bonds. The van der Waals surface area contributed by atoms with E-state index in [4.69, 9.17) is 4.74 Å². The van der Waals surface area contributed by atoms with Crippen LogP contribution in [0.4, 0.5) is 5.69 Å². The van der Waals surface area contributed by atoms with E-state index in [-0.39, 0.29) is 42.5 Å². The van der Waals surface area contributed by atoms with Crippen LogP contribution in [0, 0.1) is 5.92 Å². The van der Waals surface area contributed by atoms with E-state index in [1.165, 1.54) is 0 Å². The van der Waals surface area contributed by atoms with Gasteiger partial charge in [0.15, 0.2) is 0 Å². The van der Waals surface area contributed by atoms with E-state index < -0.39 is 0 Å². The first-order valence-corrected chi connectivity index (χ1v) is 10.9. The average Bonchev–Trinajstić information content (AvgIpc) is 3.16. The minimum atomic E-state index is -0.160. The fourth-order valence-electron chi connectivity index (χ4n) is 3.79. The number of carbonyl (C=O) groups is 2. The topological polar surface area (TPSA) is 98.1 Å². The number of rotatable bonds is 7. The number of anilines is 1. The van der Waals surface area contributed by atoms with Gasteiger partial charge in [-0.15, -0.1) is 5.10 Å². The van der Waals surface area contributed by atoms with Crippen molar-refractivity contribution in [3.8, 4) is 0 Å². The molecule has 0 aliphatic carbocycles. The van der Waals surface area contributed by atoms with Crippen LogP contribution in [-0.4, -0.2) is 39.0 Å². The van der Waals surface area contributed by atoms with E-state index in [1.807, 2.05) is 38.1 Å². The van der Waals surface area contributed by atoms with E-state index in [0.29, 0.717) is 11.6 Å². The molecule has 1 aromatic heterocycles. The molecular weight excluding hydrogens is 394 g/mol. The van der Waals surface area contributed by atoms with Crippen molar-refractivity contribution < 1.29 is 14.3 Å². The zero-order valence-electron chi connectivity index (χ0n) is 19.0. The van der Waals surface area contributed by atoms with E-state index in [1.54, 1.807) is 17.8 Å². The second kappa shape index (κ2) is 10.0. The van der Waals surface area contributed by atoms with Gasteiger partial charge in [-0.05, 0) is 42.4 Å². The second-order valence-electron chi connectivity index (χ2n) is 8.94. The normalized spacial score (nSPS) is 21.3. The Morgan fingerprint density at radius 1 is 1.16 bits per heavy atom. The van der Waals surface area contributed by atoms with E-state index >= 15 is 0 Å². The van der Waals surface area contributed by atoms with Crippen molar-refractivity contribution in [2.75, 3.05) is 5.32 Å². The molecule has 1 saturated heterocycles. The summed E-state index contributed by atoms with van der Waals surface area (Å²) >= 11 is 0. The van der Waals surface area contributed by atoms with Gasteiger partial charge in [0.2, 0.25) is 11.8 Å². The summed E-state index contributed by atoms with van der Waals surface area (Å²) in [7, 11) is 0. The smallest absolute Gasteiger partial charge is 0.246 e. The van der Waals surface area contributed by atoms with Crippen LogP contribution in [0.5, 0.6) is 0 Å². The largest absolute Gasteiger partial charge is 0.370 e. The Hall–Kier alpha value is -2.74. The molecule has 1 aliphatic heterocycles. The number of amides is 2. The maximum absolute atomic E-state index is 12.3. The van der Waals surface area contributed by atoms with Gasteiger partial charge in [-0.2, -0.15) is 0 Å². The molecule has 1 fully saturated rings. The summed E-state index contributed by atoms with van der Waals surface area (Å²) < 4.78 is 7.85. The number of benzene rings is 1. The molecule has 0 spiro atoms. The quantitative estimate of drug-likeness (QED) is 0.706. The summed E-state index contributed by atoms with van der Waals surface area (Å²) in [4.78, 5) is 23.9. The third-order valence-corrected chi connectivity index (χ3v) is 5.53. The van der Waals surface area contributed by atoms with Crippen molar-refractivity contribution in [3.63, 3.8) is 0 Å². The van der Waals surface area contributed by atoms with Crippen molar-refractivity contribution in [2.45, 2.75) is 78.2 Å². The monoisotopic (exact) mass is 427 g/mol. The van der Waals surface area contributed by atoms with E-state index in [9.17, 15) is 9.59 Å². The van der Waals surface area contributed by atoms with Gasteiger partial charge in [-0.3, -0.25) is 9.59 Å². The van der Waals surface area contributed by atoms with Crippen LogP contribution in [0.3, 0.4) is 0 Å². The molecule has 0 radical (unpaired) electrons. The standard InChI is InChI=1S/C23H33N5O3/c1-14(2)20-12-28(27-26-20)13-23(30)25-18-8-6-17(7-9-18)22-11-19(24-16(5)29)10-21(31-22)15(3)4/h6-9,12,14-15,19,21-22H,10-11,13H2,1-5H3,(H,24,29)(H,25,30)/t19-,21-,22+/m1/s1. The predicted octanol–water partition coefficient (Wildman–Crippen LogP) is 3.42. The second-order valence-corrected chi connectivity index (χ2v) is 8.94. The van der Waals surface area contributed by atoms with Gasteiger partial charge in [-0.1, -0.05) is 45.0 Å². The Morgan fingerprint density at radius 2 is 1.87 bits per heavy atom. The molecule has 8 nitrogen and oxygen atoms in total. The van der Waals surface area contributed by atoms with Crippen LogP contribution in [0.15, 0.2) is 30.5 Å². The Labute approximate surface area is 183 Å². The minimum Gasteiger partial charge on any atom is -0.370 e. The first kappa shape index (κ1) is 22.9. The van der Waals surface area contributed by atoms with Crippen LogP contribution in [0.25, 0.3) is 0 Å². The first-order chi connectivity index (χ1) is 14.7. The predicted molar refractivity (Wildman–Crippen MR) is 118 cm³/mol. The maximum Gasteiger partial charge on any atom is 0.246 e. The maximum atomic E-state index is 12.3. The highest BCUT2D eigenvalue weighted by Gasteiger charge is 2.32. The number of carbonyl (C=O) groups excluding carboxylic acids is 2. The fraction of sp³-hybridized carbons (Fsp3) is 0.565. The van der Waals surface area contributed by atoms with Crippen LogP contribution in [-0.2, 0) is 20.9 Å². The van der Waals surface area contributed by atoms with Crippen LogP contribution < -0.4 is 10.6 Å². The molecule has 2 aromatic rings. The van der Waals surface area contributed by atoms with Gasteiger partial charge in [0.1, 0.15) is 6.54 Å².